The average molecular weight is 483 g/mol. The van der Waals surface area contributed by atoms with E-state index in [2.05, 4.69) is 0 Å². The van der Waals surface area contributed by atoms with Crippen molar-refractivity contribution in [2.45, 2.75) is 111 Å². The number of hydrogen-bond donors (Lipinski definition) is 10. The van der Waals surface area contributed by atoms with E-state index >= 15 is 0 Å². The van der Waals surface area contributed by atoms with Crippen LogP contribution in [0.2, 0.25) is 0 Å². The highest BCUT2D eigenvalue weighted by molar-refractivity contribution is 5.02. The average Bonchev–Trinajstić information content (AvgIpc) is 3.03. The van der Waals surface area contributed by atoms with E-state index in [1.165, 1.54) is 0 Å². The van der Waals surface area contributed by atoms with Gasteiger partial charge in [-0.2, -0.15) is 0 Å². The van der Waals surface area contributed by atoms with Crippen molar-refractivity contribution < 1.29 is 49.6 Å². The van der Waals surface area contributed by atoms with Gasteiger partial charge in [0.15, 0.2) is 12.6 Å². The van der Waals surface area contributed by atoms with Gasteiger partial charge < -0.3 is 72.5 Å². The summed E-state index contributed by atoms with van der Waals surface area (Å²) >= 11 is 0. The summed E-state index contributed by atoms with van der Waals surface area (Å²) in [7, 11) is 0. The SMILES string of the molecule is CC(C)(N)[C@H]1O[C@@H](OC2C(O)[C@H](N)CC(N)[C@H]2O[C@H]2OC(CO)[C@@H](O)C(O)C2N)C(O)C1O. The minimum absolute atomic E-state index is 0.136. The van der Waals surface area contributed by atoms with Gasteiger partial charge in [0.2, 0.25) is 0 Å². The first-order valence-corrected chi connectivity index (χ1v) is 11.0. The monoisotopic (exact) mass is 482 g/mol. The van der Waals surface area contributed by atoms with Crippen molar-refractivity contribution >= 4 is 0 Å². The number of aliphatic hydroxyl groups excluding tert-OH is 6. The first-order chi connectivity index (χ1) is 15.3. The number of nitrogens with two attached hydrogens (primary N) is 4. The lowest BCUT2D eigenvalue weighted by atomic mass is 9.84. The number of aliphatic hydroxyl groups is 6. The van der Waals surface area contributed by atoms with Crippen LogP contribution in [0.15, 0.2) is 0 Å². The zero-order valence-corrected chi connectivity index (χ0v) is 18.6. The molecule has 0 aromatic rings. The van der Waals surface area contributed by atoms with Gasteiger partial charge in [-0.15, -0.1) is 0 Å². The Kier molecular flexibility index (Phi) is 8.36. The second-order valence-electron chi connectivity index (χ2n) is 9.77. The Morgan fingerprint density at radius 1 is 0.788 bits per heavy atom. The highest BCUT2D eigenvalue weighted by Gasteiger charge is 2.53. The Labute approximate surface area is 191 Å². The van der Waals surface area contributed by atoms with E-state index in [0.29, 0.717) is 0 Å². The molecule has 2 heterocycles. The molecular formula is C19H38N4O10. The molecule has 194 valence electrons. The Morgan fingerprint density at radius 3 is 1.94 bits per heavy atom. The lowest BCUT2D eigenvalue weighted by Gasteiger charge is -2.47. The second-order valence-corrected chi connectivity index (χ2v) is 9.77. The van der Waals surface area contributed by atoms with Gasteiger partial charge in [-0.3, -0.25) is 0 Å². The summed E-state index contributed by atoms with van der Waals surface area (Å²) in [5.74, 6) is 0. The molecule has 1 saturated carbocycles. The molecule has 0 radical (unpaired) electrons. The van der Waals surface area contributed by atoms with E-state index in [1.807, 2.05) is 0 Å². The quantitative estimate of drug-likeness (QED) is 0.169. The van der Waals surface area contributed by atoms with Crippen molar-refractivity contribution in [3.05, 3.63) is 0 Å². The maximum atomic E-state index is 10.7. The molecule has 33 heavy (non-hydrogen) atoms. The van der Waals surface area contributed by atoms with E-state index in [-0.39, 0.29) is 6.42 Å². The zero-order chi connectivity index (χ0) is 24.8. The van der Waals surface area contributed by atoms with Gasteiger partial charge in [-0.25, -0.2) is 0 Å². The first-order valence-electron chi connectivity index (χ1n) is 11.0. The maximum Gasteiger partial charge on any atom is 0.187 e. The van der Waals surface area contributed by atoms with Gasteiger partial charge in [0, 0.05) is 17.6 Å². The van der Waals surface area contributed by atoms with Gasteiger partial charge in [0.25, 0.3) is 0 Å². The van der Waals surface area contributed by atoms with Crippen molar-refractivity contribution in [1.29, 1.82) is 0 Å². The summed E-state index contributed by atoms with van der Waals surface area (Å²) < 4.78 is 22.8. The Bertz CT molecular complexity index is 655. The van der Waals surface area contributed by atoms with Crippen LogP contribution in [0.25, 0.3) is 0 Å². The minimum Gasteiger partial charge on any atom is -0.394 e. The molecule has 1 aliphatic carbocycles. The van der Waals surface area contributed by atoms with Crippen molar-refractivity contribution in [3.8, 4) is 0 Å². The van der Waals surface area contributed by atoms with Crippen LogP contribution >= 0.6 is 0 Å². The van der Waals surface area contributed by atoms with Crippen LogP contribution in [0.5, 0.6) is 0 Å². The first kappa shape index (κ1) is 27.0. The fraction of sp³-hybridized carbons (Fsp3) is 1.00. The Morgan fingerprint density at radius 2 is 1.39 bits per heavy atom. The standard InChI is InChI=1S/C19H38N4O10/c1-19(2,23)16-12(28)13(29)18(33-16)32-15-9(25)5(20)3-6(21)14(15)31-17-8(22)11(27)10(26)7(4-24)30-17/h5-18,24-29H,3-4,20-23H2,1-2H3/t5-,6?,7?,8?,9?,10-,11?,12?,13?,14-,15?,16+,17-,18-/m1/s1. The van der Waals surface area contributed by atoms with Crippen molar-refractivity contribution in [2.75, 3.05) is 6.61 Å². The van der Waals surface area contributed by atoms with Crippen LogP contribution in [0, 0.1) is 0 Å². The Hall–Kier alpha value is -0.560. The molecule has 0 amide bonds. The summed E-state index contributed by atoms with van der Waals surface area (Å²) in [4.78, 5) is 0. The molecule has 14 atom stereocenters. The minimum atomic E-state index is -1.48. The molecule has 2 aliphatic heterocycles. The Balaban J connectivity index is 1.79. The predicted molar refractivity (Wildman–Crippen MR) is 111 cm³/mol. The third kappa shape index (κ3) is 5.34. The molecule has 0 aromatic carbocycles. The lowest BCUT2D eigenvalue weighted by Crippen LogP contribution is -2.68. The summed E-state index contributed by atoms with van der Waals surface area (Å²) in [5, 5.41) is 61.2. The van der Waals surface area contributed by atoms with Gasteiger partial charge in [-0.05, 0) is 20.3 Å². The van der Waals surface area contributed by atoms with Crippen LogP contribution in [-0.4, -0.2) is 128 Å². The van der Waals surface area contributed by atoms with Crippen LogP contribution in [0.1, 0.15) is 20.3 Å². The van der Waals surface area contributed by atoms with Crippen LogP contribution in [-0.2, 0) is 18.9 Å². The fourth-order valence-electron chi connectivity index (χ4n) is 4.51. The maximum absolute atomic E-state index is 10.7. The summed E-state index contributed by atoms with van der Waals surface area (Å²) in [5.41, 5.74) is 23.2. The second kappa shape index (κ2) is 10.2. The molecule has 8 unspecified atom stereocenters. The summed E-state index contributed by atoms with van der Waals surface area (Å²) in [6.07, 6.45) is -14.1. The molecule has 14 heteroatoms. The molecule has 14 N–H and O–H groups in total. The van der Waals surface area contributed by atoms with E-state index < -0.39 is 97.8 Å². The van der Waals surface area contributed by atoms with Crippen LogP contribution in [0.4, 0.5) is 0 Å². The van der Waals surface area contributed by atoms with Gasteiger partial charge in [0.05, 0.1) is 18.8 Å². The van der Waals surface area contributed by atoms with Crippen LogP contribution < -0.4 is 22.9 Å². The fourth-order valence-corrected chi connectivity index (χ4v) is 4.51. The zero-order valence-electron chi connectivity index (χ0n) is 18.6. The van der Waals surface area contributed by atoms with Crippen molar-refractivity contribution in [1.82, 2.24) is 0 Å². The molecule has 0 bridgehead atoms. The predicted octanol–water partition coefficient (Wildman–Crippen LogP) is -5.87. The summed E-state index contributed by atoms with van der Waals surface area (Å²) in [6.45, 7) is 2.62. The third-order valence-electron chi connectivity index (χ3n) is 6.53. The number of hydrogen-bond acceptors (Lipinski definition) is 14. The molecule has 3 fully saturated rings. The molecule has 0 spiro atoms. The van der Waals surface area contributed by atoms with Gasteiger partial charge in [0.1, 0.15) is 48.8 Å². The van der Waals surface area contributed by atoms with E-state index in [1.54, 1.807) is 13.8 Å². The molecule has 14 nitrogen and oxygen atoms in total. The van der Waals surface area contributed by atoms with Crippen molar-refractivity contribution in [2.24, 2.45) is 22.9 Å². The normalized spacial score (nSPS) is 51.6. The lowest BCUT2D eigenvalue weighted by molar-refractivity contribution is -0.310. The number of ether oxygens (including phenoxy) is 4. The highest BCUT2D eigenvalue weighted by Crippen LogP contribution is 2.33. The topological polar surface area (TPSA) is 262 Å². The highest BCUT2D eigenvalue weighted by atomic mass is 16.7. The molecular weight excluding hydrogens is 444 g/mol. The van der Waals surface area contributed by atoms with E-state index in [0.717, 1.165) is 0 Å². The molecule has 3 rings (SSSR count). The van der Waals surface area contributed by atoms with E-state index in [9.17, 15) is 30.6 Å². The molecule has 0 aromatic heterocycles. The van der Waals surface area contributed by atoms with E-state index in [4.69, 9.17) is 41.9 Å². The van der Waals surface area contributed by atoms with Crippen LogP contribution in [0.3, 0.4) is 0 Å². The largest absolute Gasteiger partial charge is 0.394 e. The molecule has 2 saturated heterocycles. The molecule has 3 aliphatic rings. The smallest absolute Gasteiger partial charge is 0.187 e. The summed E-state index contributed by atoms with van der Waals surface area (Å²) in [6, 6.07) is -2.79. The van der Waals surface area contributed by atoms with Gasteiger partial charge >= 0.3 is 0 Å². The van der Waals surface area contributed by atoms with Gasteiger partial charge in [-0.1, -0.05) is 0 Å². The third-order valence-corrected chi connectivity index (χ3v) is 6.53. The van der Waals surface area contributed by atoms with Crippen molar-refractivity contribution in [3.63, 3.8) is 0 Å². The number of rotatable bonds is 6.